The van der Waals surface area contributed by atoms with Gasteiger partial charge in [-0.1, -0.05) is 6.42 Å². The van der Waals surface area contributed by atoms with Gasteiger partial charge in [0.15, 0.2) is 0 Å². The van der Waals surface area contributed by atoms with Gasteiger partial charge < -0.3 is 16.5 Å². The van der Waals surface area contributed by atoms with Gasteiger partial charge in [-0.15, -0.1) is 0 Å². The molecular weight excluding hydrogens is 341 g/mol. The highest BCUT2D eigenvalue weighted by molar-refractivity contribution is 7.80. The van der Waals surface area contributed by atoms with Crippen LogP contribution in [0.4, 0.5) is 0 Å². The largest absolute Gasteiger partial charge is 0.416 e. The number of hydrogen-bond donors (Lipinski definition) is 1. The highest BCUT2D eigenvalue weighted by Crippen LogP contribution is 2.33. The molecule has 0 spiro atoms. The molecule has 0 aromatic carbocycles. The molecule has 1 saturated heterocycles. The van der Waals surface area contributed by atoms with Crippen LogP contribution in [0.5, 0.6) is 0 Å². The first-order chi connectivity index (χ1) is 8.89. The van der Waals surface area contributed by atoms with Crippen molar-refractivity contribution in [2.45, 2.75) is 64.7 Å². The third kappa shape index (κ3) is 6.44. The fraction of sp³-hybridized carbons (Fsp3) is 1.00. The fourth-order valence-corrected chi connectivity index (χ4v) is 24.9. The van der Waals surface area contributed by atoms with Crippen LogP contribution in [-0.2, 0) is 16.5 Å². The third-order valence-corrected chi connectivity index (χ3v) is 19.8. The van der Waals surface area contributed by atoms with Gasteiger partial charge in [0.1, 0.15) is 0 Å². The number of rotatable bonds is 4. The molecule has 120 valence electrons. The first kappa shape index (κ1) is 19.1. The van der Waals surface area contributed by atoms with E-state index in [2.05, 4.69) is 58.5 Å². The molecule has 1 aliphatic rings. The summed E-state index contributed by atoms with van der Waals surface area (Å²) in [7, 11) is -8.77. The Morgan fingerprint density at radius 2 is 1.05 bits per heavy atom. The van der Waals surface area contributed by atoms with Crippen molar-refractivity contribution in [1.29, 1.82) is 0 Å². The molecule has 0 atom stereocenters. The highest BCUT2D eigenvalue weighted by Gasteiger charge is 2.51. The zero-order valence-electron chi connectivity index (χ0n) is 13.9. The van der Waals surface area contributed by atoms with Crippen LogP contribution in [0.15, 0.2) is 0 Å². The molecule has 0 aliphatic carbocycles. The molecule has 4 nitrogen and oxygen atoms in total. The predicted molar refractivity (Wildman–Crippen MR) is 96.3 cm³/mol. The summed E-state index contributed by atoms with van der Waals surface area (Å²) < 4.78 is 25.6. The Kier molecular flexibility index (Phi) is 6.37. The van der Waals surface area contributed by atoms with Crippen LogP contribution in [0.3, 0.4) is 0 Å². The lowest BCUT2D eigenvalue weighted by Gasteiger charge is -2.47. The topological polar surface area (TPSA) is 36.9 Å². The number of unbranched alkanes of at least 4 members (excludes halogenated alkanes) is 1. The SMILES string of the molecule is C[Si]1(C)O[Si](C)(C)O[Si](C)(CCCCS)O[Si](C)(C)O1. The van der Waals surface area contributed by atoms with Crippen LogP contribution < -0.4 is 0 Å². The van der Waals surface area contributed by atoms with Gasteiger partial charge in [-0.2, -0.15) is 12.6 Å². The molecule has 20 heavy (non-hydrogen) atoms. The fourth-order valence-electron chi connectivity index (χ4n) is 2.97. The van der Waals surface area contributed by atoms with Crippen molar-refractivity contribution in [3.05, 3.63) is 0 Å². The minimum absolute atomic E-state index is 0.916. The summed E-state index contributed by atoms with van der Waals surface area (Å²) in [5.41, 5.74) is 0. The molecule has 1 rings (SSSR count). The van der Waals surface area contributed by atoms with Crippen molar-refractivity contribution in [1.82, 2.24) is 0 Å². The lowest BCUT2D eigenvalue weighted by Crippen LogP contribution is -2.65. The Labute approximate surface area is 134 Å². The molecule has 1 heterocycles. The Bertz CT molecular complexity index is 316. The zero-order chi connectivity index (χ0) is 15.7. The van der Waals surface area contributed by atoms with Crippen LogP contribution >= 0.6 is 12.6 Å². The van der Waals surface area contributed by atoms with Gasteiger partial charge in [0.05, 0.1) is 0 Å². The molecule has 0 aromatic rings. The molecule has 9 heteroatoms. The van der Waals surface area contributed by atoms with Crippen molar-refractivity contribution >= 4 is 46.9 Å². The van der Waals surface area contributed by atoms with Crippen molar-refractivity contribution in [3.8, 4) is 0 Å². The molecule has 0 saturated carbocycles. The van der Waals surface area contributed by atoms with Crippen molar-refractivity contribution in [2.24, 2.45) is 0 Å². The van der Waals surface area contributed by atoms with E-state index in [9.17, 15) is 0 Å². The van der Waals surface area contributed by atoms with Gasteiger partial charge in [0, 0.05) is 0 Å². The second-order valence-corrected chi connectivity index (χ2v) is 21.8. The first-order valence-corrected chi connectivity index (χ1v) is 18.9. The Balaban J connectivity index is 2.90. The van der Waals surface area contributed by atoms with Crippen LogP contribution in [0.2, 0.25) is 51.9 Å². The van der Waals surface area contributed by atoms with Gasteiger partial charge >= 0.3 is 34.2 Å². The Morgan fingerprint density at radius 3 is 1.45 bits per heavy atom. The predicted octanol–water partition coefficient (Wildman–Crippen LogP) is 3.95. The summed E-state index contributed by atoms with van der Waals surface area (Å²) in [5.74, 6) is 0.916. The molecule has 0 radical (unpaired) electrons. The standard InChI is InChI=1S/C11H30O4SSi4/c1-17(2)12-18(3,4)14-20(7,11-9-8-10-16)15-19(5,6)13-17/h16H,8-11H2,1-7H3. The minimum atomic E-state index is -2.23. The average molecular weight is 371 g/mol. The quantitative estimate of drug-likeness (QED) is 0.462. The van der Waals surface area contributed by atoms with E-state index in [1.165, 1.54) is 0 Å². The van der Waals surface area contributed by atoms with Gasteiger partial charge in [-0.3, -0.25) is 0 Å². The normalized spacial score (nSPS) is 27.6. The zero-order valence-corrected chi connectivity index (χ0v) is 18.8. The molecule has 0 bridgehead atoms. The maximum absolute atomic E-state index is 6.48. The summed E-state index contributed by atoms with van der Waals surface area (Å²) in [4.78, 5) is 0. The number of thiol groups is 1. The molecule has 0 amide bonds. The Hall–Kier alpha value is 1.06. The summed E-state index contributed by atoms with van der Waals surface area (Å²) in [6.45, 7) is 14.8. The maximum Gasteiger partial charge on any atom is 0.317 e. The van der Waals surface area contributed by atoms with Gasteiger partial charge in [0.25, 0.3) is 0 Å². The van der Waals surface area contributed by atoms with Crippen LogP contribution in [-0.4, -0.2) is 40.0 Å². The monoisotopic (exact) mass is 370 g/mol. The summed E-state index contributed by atoms with van der Waals surface area (Å²) >= 11 is 4.28. The van der Waals surface area contributed by atoms with Gasteiger partial charge in [-0.25, -0.2) is 0 Å². The second-order valence-electron chi connectivity index (χ2n) is 6.92. The maximum atomic E-state index is 6.48. The Morgan fingerprint density at radius 1 is 0.650 bits per heavy atom. The molecule has 0 aromatic heterocycles. The highest BCUT2D eigenvalue weighted by atomic mass is 32.1. The lowest BCUT2D eigenvalue weighted by molar-refractivity contribution is 0.233. The van der Waals surface area contributed by atoms with E-state index >= 15 is 0 Å². The minimum Gasteiger partial charge on any atom is -0.416 e. The van der Waals surface area contributed by atoms with E-state index in [4.69, 9.17) is 16.5 Å². The van der Waals surface area contributed by atoms with Crippen molar-refractivity contribution < 1.29 is 16.5 Å². The summed E-state index contributed by atoms with van der Waals surface area (Å²) in [5, 5.41) is 0. The van der Waals surface area contributed by atoms with Crippen molar-refractivity contribution in [2.75, 3.05) is 5.75 Å². The van der Waals surface area contributed by atoms with Crippen molar-refractivity contribution in [3.63, 3.8) is 0 Å². The van der Waals surface area contributed by atoms with Gasteiger partial charge in [0.2, 0.25) is 0 Å². The second kappa shape index (κ2) is 6.67. The molecule has 1 aliphatic heterocycles. The molecule has 0 N–H and O–H groups in total. The van der Waals surface area contributed by atoms with E-state index in [0.717, 1.165) is 24.6 Å². The third-order valence-electron chi connectivity index (χ3n) is 2.95. The van der Waals surface area contributed by atoms with Crippen LogP contribution in [0.25, 0.3) is 0 Å². The molecular formula is C11H30O4SSi4. The number of hydrogen-bond acceptors (Lipinski definition) is 5. The average Bonchev–Trinajstić information content (AvgIpc) is 2.08. The van der Waals surface area contributed by atoms with Crippen LogP contribution in [0.1, 0.15) is 12.8 Å². The van der Waals surface area contributed by atoms with E-state index in [1.54, 1.807) is 0 Å². The van der Waals surface area contributed by atoms with E-state index < -0.39 is 34.2 Å². The smallest absolute Gasteiger partial charge is 0.317 e. The van der Waals surface area contributed by atoms with E-state index in [-0.39, 0.29) is 0 Å². The lowest BCUT2D eigenvalue weighted by atomic mass is 10.4. The van der Waals surface area contributed by atoms with E-state index in [1.807, 2.05) is 0 Å². The molecule has 1 fully saturated rings. The summed E-state index contributed by atoms with van der Waals surface area (Å²) in [6, 6.07) is 0.995. The summed E-state index contributed by atoms with van der Waals surface area (Å²) in [6.07, 6.45) is 2.20. The van der Waals surface area contributed by atoms with Crippen LogP contribution in [0, 0.1) is 0 Å². The molecule has 0 unspecified atom stereocenters. The van der Waals surface area contributed by atoms with Gasteiger partial charge in [-0.05, 0) is 64.0 Å². The first-order valence-electron chi connectivity index (χ1n) is 7.30. The van der Waals surface area contributed by atoms with E-state index in [0.29, 0.717) is 0 Å².